The molecule has 0 aliphatic carbocycles. The van der Waals surface area contributed by atoms with E-state index in [4.69, 9.17) is 9.47 Å². The number of thiophene rings is 1. The third-order valence-electron chi connectivity index (χ3n) is 2.62. The Bertz CT molecular complexity index is 698. The van der Waals surface area contributed by atoms with E-state index in [2.05, 4.69) is 37.2 Å². The standard InChI is InChI=1S/C15H13Br2NO4S/c1-2-21-13(19)8-22-10-5-3-4-9(6-10)18-15(20)12-7-11(16)14(17)23-12/h3-7H,2,8H2,1H3,(H,18,20). The summed E-state index contributed by atoms with van der Waals surface area (Å²) in [4.78, 5) is 24.0. The summed E-state index contributed by atoms with van der Waals surface area (Å²) in [5.41, 5.74) is 0.581. The Morgan fingerprint density at radius 2 is 2.04 bits per heavy atom. The van der Waals surface area contributed by atoms with Crippen molar-refractivity contribution in [2.45, 2.75) is 6.92 Å². The van der Waals surface area contributed by atoms with Crippen LogP contribution >= 0.6 is 43.2 Å². The van der Waals surface area contributed by atoms with Gasteiger partial charge in [0.2, 0.25) is 0 Å². The zero-order valence-electron chi connectivity index (χ0n) is 12.1. The topological polar surface area (TPSA) is 64.6 Å². The number of halogens is 2. The van der Waals surface area contributed by atoms with Crippen LogP contribution in [0.15, 0.2) is 38.6 Å². The summed E-state index contributed by atoms with van der Waals surface area (Å²) in [6, 6.07) is 8.57. The molecule has 1 heterocycles. The Morgan fingerprint density at radius 1 is 1.26 bits per heavy atom. The van der Waals surface area contributed by atoms with Crippen LogP contribution < -0.4 is 10.1 Å². The maximum Gasteiger partial charge on any atom is 0.344 e. The largest absolute Gasteiger partial charge is 0.482 e. The number of benzene rings is 1. The van der Waals surface area contributed by atoms with Crippen LogP contribution in [0.25, 0.3) is 0 Å². The molecule has 0 spiro atoms. The number of amides is 1. The Labute approximate surface area is 154 Å². The third kappa shape index (κ3) is 5.33. The number of anilines is 1. The van der Waals surface area contributed by atoms with Crippen LogP contribution in [-0.4, -0.2) is 25.1 Å². The van der Waals surface area contributed by atoms with Gasteiger partial charge in [-0.05, 0) is 57.0 Å². The zero-order valence-corrected chi connectivity index (χ0v) is 16.1. The number of carbonyl (C=O) groups excluding carboxylic acids is 2. The van der Waals surface area contributed by atoms with Gasteiger partial charge >= 0.3 is 5.97 Å². The molecule has 0 saturated heterocycles. The predicted molar refractivity (Wildman–Crippen MR) is 96.2 cm³/mol. The molecule has 0 aliphatic heterocycles. The Hall–Kier alpha value is -1.38. The molecule has 0 bridgehead atoms. The number of rotatable bonds is 6. The summed E-state index contributed by atoms with van der Waals surface area (Å²) in [6.45, 7) is 1.87. The normalized spacial score (nSPS) is 10.2. The molecule has 122 valence electrons. The summed E-state index contributed by atoms with van der Waals surface area (Å²) >= 11 is 8.03. The molecule has 2 aromatic rings. The third-order valence-corrected chi connectivity index (χ3v) is 5.88. The smallest absolute Gasteiger partial charge is 0.344 e. The van der Waals surface area contributed by atoms with Crippen molar-refractivity contribution in [1.29, 1.82) is 0 Å². The fourth-order valence-corrected chi connectivity index (χ4v) is 3.59. The highest BCUT2D eigenvalue weighted by Gasteiger charge is 2.12. The second-order valence-corrected chi connectivity index (χ2v) is 7.53. The van der Waals surface area contributed by atoms with E-state index < -0.39 is 5.97 Å². The van der Waals surface area contributed by atoms with Crippen LogP contribution in [0.1, 0.15) is 16.6 Å². The fourth-order valence-electron chi connectivity index (χ4n) is 1.66. The highest BCUT2D eigenvalue weighted by Crippen LogP contribution is 2.32. The first-order chi connectivity index (χ1) is 11.0. The highest BCUT2D eigenvalue weighted by molar-refractivity contribution is 9.13. The number of nitrogens with one attached hydrogen (secondary N) is 1. The average molecular weight is 463 g/mol. The van der Waals surface area contributed by atoms with Gasteiger partial charge in [-0.15, -0.1) is 11.3 Å². The molecule has 0 fully saturated rings. The first kappa shape index (κ1) is 18.0. The van der Waals surface area contributed by atoms with E-state index in [1.54, 1.807) is 37.3 Å². The van der Waals surface area contributed by atoms with E-state index in [9.17, 15) is 9.59 Å². The van der Waals surface area contributed by atoms with Crippen LogP contribution in [0.3, 0.4) is 0 Å². The second-order valence-electron chi connectivity index (χ2n) is 4.31. The Balaban J connectivity index is 1.99. The van der Waals surface area contributed by atoms with E-state index >= 15 is 0 Å². The van der Waals surface area contributed by atoms with Gasteiger partial charge in [-0.3, -0.25) is 4.79 Å². The zero-order chi connectivity index (χ0) is 16.8. The molecule has 0 radical (unpaired) electrons. The van der Waals surface area contributed by atoms with Crippen LogP contribution in [0, 0.1) is 0 Å². The summed E-state index contributed by atoms with van der Waals surface area (Å²) in [5.74, 6) is -0.177. The predicted octanol–water partition coefficient (Wildman–Crippen LogP) is 4.47. The SMILES string of the molecule is CCOC(=O)COc1cccc(NC(=O)c2cc(Br)c(Br)s2)c1. The fraction of sp³-hybridized carbons (Fsp3) is 0.200. The molecule has 23 heavy (non-hydrogen) atoms. The molecule has 5 nitrogen and oxygen atoms in total. The summed E-state index contributed by atoms with van der Waals surface area (Å²) in [5, 5.41) is 2.79. The van der Waals surface area contributed by atoms with Crippen molar-refractivity contribution in [1.82, 2.24) is 0 Å². The number of carbonyl (C=O) groups is 2. The second kappa shape index (κ2) is 8.47. The molecule has 8 heteroatoms. The maximum atomic E-state index is 12.2. The number of hydrogen-bond acceptors (Lipinski definition) is 5. The van der Waals surface area contributed by atoms with Crippen molar-refractivity contribution < 1.29 is 19.1 Å². The maximum absolute atomic E-state index is 12.2. The van der Waals surface area contributed by atoms with Crippen molar-refractivity contribution in [3.05, 3.63) is 43.5 Å². The van der Waals surface area contributed by atoms with Crippen molar-refractivity contribution in [3.8, 4) is 5.75 Å². The Kier molecular flexibility index (Phi) is 6.61. The van der Waals surface area contributed by atoms with Gasteiger partial charge in [-0.1, -0.05) is 6.07 Å². The molecule has 1 N–H and O–H groups in total. The van der Waals surface area contributed by atoms with Crippen molar-refractivity contribution in [2.75, 3.05) is 18.5 Å². The molecule has 1 amide bonds. The first-order valence-corrected chi connectivity index (χ1v) is 9.04. The quantitative estimate of drug-likeness (QED) is 0.643. The monoisotopic (exact) mass is 461 g/mol. The van der Waals surface area contributed by atoms with Crippen molar-refractivity contribution in [2.24, 2.45) is 0 Å². The molecular weight excluding hydrogens is 450 g/mol. The lowest BCUT2D eigenvalue weighted by Gasteiger charge is -2.08. The summed E-state index contributed by atoms with van der Waals surface area (Å²) in [6.07, 6.45) is 0. The van der Waals surface area contributed by atoms with Crippen LogP contribution in [0.4, 0.5) is 5.69 Å². The van der Waals surface area contributed by atoms with Gasteiger partial charge in [-0.2, -0.15) is 0 Å². The molecule has 0 saturated carbocycles. The van der Waals surface area contributed by atoms with E-state index in [-0.39, 0.29) is 12.5 Å². The minimum Gasteiger partial charge on any atom is -0.482 e. The van der Waals surface area contributed by atoms with E-state index in [0.717, 1.165) is 8.26 Å². The lowest BCUT2D eigenvalue weighted by Crippen LogP contribution is -2.15. The molecule has 1 aromatic carbocycles. The summed E-state index contributed by atoms with van der Waals surface area (Å²) < 4.78 is 11.8. The Morgan fingerprint density at radius 3 is 2.70 bits per heavy atom. The molecule has 0 aliphatic rings. The number of hydrogen-bond donors (Lipinski definition) is 1. The van der Waals surface area contributed by atoms with Gasteiger partial charge in [-0.25, -0.2) is 4.79 Å². The van der Waals surface area contributed by atoms with Crippen LogP contribution in [0.5, 0.6) is 5.75 Å². The van der Waals surface area contributed by atoms with Gasteiger partial charge in [0.05, 0.1) is 15.3 Å². The van der Waals surface area contributed by atoms with Crippen LogP contribution in [-0.2, 0) is 9.53 Å². The number of esters is 1. The molecule has 2 rings (SSSR count). The lowest BCUT2D eigenvalue weighted by atomic mass is 10.3. The van der Waals surface area contributed by atoms with Gasteiger partial charge in [0, 0.05) is 16.2 Å². The molecule has 0 unspecified atom stereocenters. The number of ether oxygens (including phenoxy) is 2. The van der Waals surface area contributed by atoms with Crippen molar-refractivity contribution >= 4 is 60.8 Å². The highest BCUT2D eigenvalue weighted by atomic mass is 79.9. The average Bonchev–Trinajstić information content (AvgIpc) is 2.86. The molecule has 0 atom stereocenters. The van der Waals surface area contributed by atoms with E-state index in [1.807, 2.05) is 0 Å². The van der Waals surface area contributed by atoms with E-state index in [0.29, 0.717) is 22.9 Å². The van der Waals surface area contributed by atoms with Gasteiger partial charge in [0.1, 0.15) is 5.75 Å². The molecular formula is C15H13Br2NO4S. The van der Waals surface area contributed by atoms with Crippen LogP contribution in [0.2, 0.25) is 0 Å². The van der Waals surface area contributed by atoms with Crippen molar-refractivity contribution in [3.63, 3.8) is 0 Å². The summed E-state index contributed by atoms with van der Waals surface area (Å²) in [7, 11) is 0. The van der Waals surface area contributed by atoms with E-state index in [1.165, 1.54) is 11.3 Å². The van der Waals surface area contributed by atoms with Gasteiger partial charge < -0.3 is 14.8 Å². The van der Waals surface area contributed by atoms with Gasteiger partial charge in [0.25, 0.3) is 5.91 Å². The molecule has 1 aromatic heterocycles. The van der Waals surface area contributed by atoms with Gasteiger partial charge in [0.15, 0.2) is 6.61 Å². The minimum atomic E-state index is -0.435. The first-order valence-electron chi connectivity index (χ1n) is 6.64. The minimum absolute atomic E-state index is 0.171. The lowest BCUT2D eigenvalue weighted by molar-refractivity contribution is -0.145.